The summed E-state index contributed by atoms with van der Waals surface area (Å²) in [7, 11) is 0. The first-order valence-corrected chi connectivity index (χ1v) is 6.52. The van der Waals surface area contributed by atoms with E-state index in [0.29, 0.717) is 6.42 Å². The van der Waals surface area contributed by atoms with Gasteiger partial charge in [0.15, 0.2) is 0 Å². The maximum absolute atomic E-state index is 11.1. The van der Waals surface area contributed by atoms with Gasteiger partial charge in [0.25, 0.3) is 0 Å². The molecule has 2 bridgehead atoms. The maximum atomic E-state index is 11.1. The third-order valence-electron chi connectivity index (χ3n) is 3.55. The molecule has 6 heteroatoms. The molecule has 0 saturated heterocycles. The molecule has 2 rings (SSSR count). The molecule has 0 aliphatic heterocycles. The lowest BCUT2D eigenvalue weighted by atomic mass is 9.79. The van der Waals surface area contributed by atoms with Crippen molar-refractivity contribution >= 4 is 43.8 Å². The Morgan fingerprint density at radius 2 is 1.27 bits per heavy atom. The van der Waals surface area contributed by atoms with E-state index >= 15 is 0 Å². The molecule has 6 atom stereocenters. The number of hydrogen-bond acceptors (Lipinski definition) is 2. The fraction of sp³-hybridized carbons (Fsp3) is 0.778. The monoisotopic (exact) mass is 340 g/mol. The number of halogens is 2. The number of fused-ring (bicyclic) bond motifs is 2. The van der Waals surface area contributed by atoms with Crippen LogP contribution in [0.1, 0.15) is 6.42 Å². The highest BCUT2D eigenvalue weighted by Gasteiger charge is 2.61. The first-order valence-electron chi connectivity index (χ1n) is 4.69. The van der Waals surface area contributed by atoms with E-state index in [4.69, 9.17) is 10.2 Å². The van der Waals surface area contributed by atoms with Gasteiger partial charge in [-0.05, 0) is 18.3 Å². The van der Waals surface area contributed by atoms with Crippen molar-refractivity contribution in [3.8, 4) is 0 Å². The van der Waals surface area contributed by atoms with Crippen molar-refractivity contribution < 1.29 is 19.8 Å². The van der Waals surface area contributed by atoms with E-state index in [1.165, 1.54) is 0 Å². The minimum Gasteiger partial charge on any atom is -0.481 e. The van der Waals surface area contributed by atoms with Crippen LogP contribution in [0.3, 0.4) is 0 Å². The number of aliphatic carboxylic acids is 2. The van der Waals surface area contributed by atoms with Crippen molar-refractivity contribution in [2.75, 3.05) is 0 Å². The van der Waals surface area contributed by atoms with Gasteiger partial charge < -0.3 is 10.2 Å². The number of alkyl halides is 2. The highest BCUT2D eigenvalue weighted by molar-refractivity contribution is 9.12. The highest BCUT2D eigenvalue weighted by Crippen LogP contribution is 2.57. The first kappa shape index (κ1) is 11.4. The van der Waals surface area contributed by atoms with Crippen LogP contribution < -0.4 is 0 Å². The van der Waals surface area contributed by atoms with Crippen LogP contribution in [0.5, 0.6) is 0 Å². The van der Waals surface area contributed by atoms with E-state index in [-0.39, 0.29) is 21.5 Å². The zero-order valence-electron chi connectivity index (χ0n) is 7.64. The van der Waals surface area contributed by atoms with Gasteiger partial charge in [0.1, 0.15) is 0 Å². The molecule has 0 heterocycles. The molecule has 2 saturated carbocycles. The van der Waals surface area contributed by atoms with Crippen molar-refractivity contribution in [1.82, 2.24) is 0 Å². The Balaban J connectivity index is 2.32. The second-order valence-electron chi connectivity index (χ2n) is 4.18. The van der Waals surface area contributed by atoms with E-state index in [9.17, 15) is 9.59 Å². The number of hydrogen-bond donors (Lipinski definition) is 2. The van der Waals surface area contributed by atoms with Crippen LogP contribution in [0.25, 0.3) is 0 Å². The van der Waals surface area contributed by atoms with Crippen LogP contribution in [0.4, 0.5) is 0 Å². The first-order chi connectivity index (χ1) is 6.95. The van der Waals surface area contributed by atoms with Gasteiger partial charge in [-0.1, -0.05) is 31.9 Å². The number of carboxylic acid groups (broad SMARTS) is 2. The van der Waals surface area contributed by atoms with Crippen molar-refractivity contribution in [1.29, 1.82) is 0 Å². The lowest BCUT2D eigenvalue weighted by molar-refractivity contribution is -0.155. The minimum atomic E-state index is -0.987. The van der Waals surface area contributed by atoms with E-state index in [2.05, 4.69) is 31.9 Å². The van der Waals surface area contributed by atoms with Gasteiger partial charge in [-0.15, -0.1) is 0 Å². The molecular formula is C9H10Br2O4. The third-order valence-corrected chi connectivity index (χ3v) is 6.75. The summed E-state index contributed by atoms with van der Waals surface area (Å²) < 4.78 is 0. The van der Waals surface area contributed by atoms with Crippen LogP contribution in [0, 0.1) is 23.7 Å². The quantitative estimate of drug-likeness (QED) is 0.747. The topological polar surface area (TPSA) is 74.6 Å². The summed E-state index contributed by atoms with van der Waals surface area (Å²) in [6, 6.07) is 0. The van der Waals surface area contributed by atoms with Crippen molar-refractivity contribution in [3.05, 3.63) is 0 Å². The van der Waals surface area contributed by atoms with Gasteiger partial charge in [0.2, 0.25) is 0 Å². The van der Waals surface area contributed by atoms with Crippen LogP contribution in [0.15, 0.2) is 0 Å². The van der Waals surface area contributed by atoms with Gasteiger partial charge in [0.05, 0.1) is 11.8 Å². The molecule has 15 heavy (non-hydrogen) atoms. The molecule has 84 valence electrons. The van der Waals surface area contributed by atoms with E-state index in [0.717, 1.165) is 0 Å². The zero-order chi connectivity index (χ0) is 11.3. The second kappa shape index (κ2) is 3.73. The van der Waals surface area contributed by atoms with Gasteiger partial charge in [-0.25, -0.2) is 0 Å². The molecule has 2 aliphatic carbocycles. The Morgan fingerprint density at radius 3 is 1.53 bits per heavy atom. The Morgan fingerprint density at radius 1 is 0.933 bits per heavy atom. The van der Waals surface area contributed by atoms with Crippen molar-refractivity contribution in [3.63, 3.8) is 0 Å². The van der Waals surface area contributed by atoms with Gasteiger partial charge in [0, 0.05) is 9.65 Å². The fourth-order valence-corrected chi connectivity index (χ4v) is 4.82. The molecule has 2 fully saturated rings. The van der Waals surface area contributed by atoms with Crippen LogP contribution >= 0.6 is 31.9 Å². The predicted octanol–water partition coefficient (Wildman–Crippen LogP) is 1.56. The highest BCUT2D eigenvalue weighted by atomic mass is 79.9. The molecule has 0 unspecified atom stereocenters. The lowest BCUT2D eigenvalue weighted by Gasteiger charge is -2.31. The molecule has 0 radical (unpaired) electrons. The Hall–Kier alpha value is -0.100. The van der Waals surface area contributed by atoms with E-state index < -0.39 is 23.8 Å². The summed E-state index contributed by atoms with van der Waals surface area (Å²) in [5.74, 6) is -3.61. The number of rotatable bonds is 2. The molecule has 4 nitrogen and oxygen atoms in total. The molecule has 2 N–H and O–H groups in total. The number of carbonyl (C=O) groups is 2. The Bertz CT molecular complexity index is 289. The van der Waals surface area contributed by atoms with E-state index in [1.807, 2.05) is 0 Å². The molecule has 0 amide bonds. The van der Waals surface area contributed by atoms with E-state index in [1.54, 1.807) is 0 Å². The van der Waals surface area contributed by atoms with Crippen LogP contribution in [-0.4, -0.2) is 31.8 Å². The minimum absolute atomic E-state index is 0.0687. The summed E-state index contributed by atoms with van der Waals surface area (Å²) in [4.78, 5) is 22.3. The fourth-order valence-electron chi connectivity index (χ4n) is 2.94. The average molecular weight is 342 g/mol. The molecule has 0 spiro atoms. The second-order valence-corrected chi connectivity index (χ2v) is 6.29. The summed E-state index contributed by atoms with van der Waals surface area (Å²) in [6.07, 6.45) is 0.680. The normalized spacial score (nSPS) is 48.1. The number of carboxylic acids is 2. The molecule has 0 aromatic carbocycles. The SMILES string of the molecule is O=C(O)[C@@H]1[C@H]2C[C@H]([C@H](Br)[C@H]2Br)[C@@H]1C(=O)O. The molecule has 0 aromatic heterocycles. The summed E-state index contributed by atoms with van der Waals surface area (Å²) in [6.45, 7) is 0. The molecular weight excluding hydrogens is 332 g/mol. The smallest absolute Gasteiger partial charge is 0.307 e. The van der Waals surface area contributed by atoms with Gasteiger partial charge >= 0.3 is 11.9 Å². The van der Waals surface area contributed by atoms with Crippen LogP contribution in [-0.2, 0) is 9.59 Å². The summed E-state index contributed by atoms with van der Waals surface area (Å²) in [5.41, 5.74) is 0. The Labute approximate surface area is 103 Å². The third kappa shape index (κ3) is 1.53. The lowest BCUT2D eigenvalue weighted by Crippen LogP contribution is -2.43. The summed E-state index contributed by atoms with van der Waals surface area (Å²) >= 11 is 6.89. The van der Waals surface area contributed by atoms with Crippen molar-refractivity contribution in [2.45, 2.75) is 16.1 Å². The van der Waals surface area contributed by atoms with Gasteiger partial charge in [-0.2, -0.15) is 0 Å². The van der Waals surface area contributed by atoms with Gasteiger partial charge in [-0.3, -0.25) is 9.59 Å². The largest absolute Gasteiger partial charge is 0.481 e. The predicted molar refractivity (Wildman–Crippen MR) is 59.3 cm³/mol. The van der Waals surface area contributed by atoms with Crippen molar-refractivity contribution in [2.24, 2.45) is 23.7 Å². The molecule has 2 aliphatic rings. The zero-order valence-corrected chi connectivity index (χ0v) is 10.8. The average Bonchev–Trinajstić information content (AvgIpc) is 2.64. The summed E-state index contributed by atoms with van der Waals surface area (Å²) in [5, 5.41) is 18.1. The van der Waals surface area contributed by atoms with Crippen LogP contribution in [0.2, 0.25) is 0 Å². The molecule has 0 aromatic rings. The Kier molecular flexibility index (Phi) is 2.83. The standard InChI is InChI=1S/C9H10Br2O4/c10-6-2-1-3(7(6)11)5(9(14)15)4(2)8(12)13/h2-7H,1H2,(H,12,13)(H,14,15)/t2-,3+,4-,5+,6-,7-/m0/s1. The maximum Gasteiger partial charge on any atom is 0.307 e.